The number of carbonyl (C=O) groups excluding carboxylic acids is 1. The quantitative estimate of drug-likeness (QED) is 0.884. The van der Waals surface area contributed by atoms with Crippen molar-refractivity contribution in [3.05, 3.63) is 52.6 Å². The highest BCUT2D eigenvalue weighted by molar-refractivity contribution is 5.76. The van der Waals surface area contributed by atoms with Crippen molar-refractivity contribution in [1.29, 1.82) is 0 Å². The van der Waals surface area contributed by atoms with E-state index in [0.717, 1.165) is 36.5 Å². The van der Waals surface area contributed by atoms with Crippen LogP contribution < -0.4 is 0 Å². The molecule has 0 radical (unpaired) electrons. The third-order valence-corrected chi connectivity index (χ3v) is 4.80. The molecule has 140 valence electrons. The zero-order valence-electron chi connectivity index (χ0n) is 15.4. The summed E-state index contributed by atoms with van der Waals surface area (Å²) < 4.78 is 15.2. The van der Waals surface area contributed by atoms with Gasteiger partial charge in [-0.25, -0.2) is 4.39 Å². The molecule has 0 unspecified atom stereocenters. The first-order valence-electron chi connectivity index (χ1n) is 8.75. The van der Waals surface area contributed by atoms with Gasteiger partial charge in [-0.2, -0.15) is 5.10 Å². The zero-order chi connectivity index (χ0) is 18.8. The highest BCUT2D eigenvalue weighted by atomic mass is 19.1. The number of aliphatic hydroxyl groups is 1. The number of hydrogen-bond donors (Lipinski definition) is 1. The summed E-state index contributed by atoms with van der Waals surface area (Å²) >= 11 is 0. The fraction of sp³-hybridized carbons (Fsp3) is 0.474. The number of amides is 1. The normalized spacial score (nSPS) is 15.6. The maximum absolute atomic E-state index is 13.3. The minimum absolute atomic E-state index is 0.0297. The monoisotopic (exact) mass is 360 g/mol. The van der Waals surface area contributed by atoms with Crippen LogP contribution in [0.2, 0.25) is 0 Å². The Morgan fingerprint density at radius 1 is 1.35 bits per heavy atom. The predicted octanol–water partition coefficient (Wildman–Crippen LogP) is 1.86. The third-order valence-electron chi connectivity index (χ3n) is 4.80. The van der Waals surface area contributed by atoms with E-state index in [-0.39, 0.29) is 18.1 Å². The average molecular weight is 360 g/mol. The van der Waals surface area contributed by atoms with Crippen LogP contribution in [-0.4, -0.2) is 51.2 Å². The Kier molecular flexibility index (Phi) is 5.38. The third kappa shape index (κ3) is 4.11. The molecule has 1 amide bonds. The molecule has 0 saturated carbocycles. The minimum Gasteiger partial charge on any atom is -0.386 e. The lowest BCUT2D eigenvalue weighted by molar-refractivity contribution is -0.130. The molecule has 1 N–H and O–H groups in total. The molecule has 0 bridgehead atoms. The van der Waals surface area contributed by atoms with Crippen LogP contribution >= 0.6 is 0 Å². The van der Waals surface area contributed by atoms with Crippen LogP contribution in [0.1, 0.15) is 35.0 Å². The first-order valence-corrected chi connectivity index (χ1v) is 8.75. The molecule has 0 fully saturated rings. The van der Waals surface area contributed by atoms with Gasteiger partial charge in [0.2, 0.25) is 5.91 Å². The highest BCUT2D eigenvalue weighted by Gasteiger charge is 2.23. The van der Waals surface area contributed by atoms with Crippen LogP contribution in [0.4, 0.5) is 4.39 Å². The Morgan fingerprint density at radius 2 is 2.12 bits per heavy atom. The first-order chi connectivity index (χ1) is 12.3. The fourth-order valence-electron chi connectivity index (χ4n) is 3.17. The molecule has 1 aromatic heterocycles. The van der Waals surface area contributed by atoms with E-state index in [4.69, 9.17) is 0 Å². The largest absolute Gasteiger partial charge is 0.386 e. The highest BCUT2D eigenvalue weighted by Crippen LogP contribution is 2.22. The molecule has 6 nitrogen and oxygen atoms in total. The Labute approximate surface area is 152 Å². The molecule has 3 rings (SSSR count). The smallest absolute Gasteiger partial charge is 0.225 e. The summed E-state index contributed by atoms with van der Waals surface area (Å²) in [5, 5.41) is 14.7. The molecular weight excluding hydrogens is 335 g/mol. The topological polar surface area (TPSA) is 61.6 Å². The number of carbonyl (C=O) groups is 1. The maximum Gasteiger partial charge on any atom is 0.225 e. The van der Waals surface area contributed by atoms with Crippen molar-refractivity contribution >= 4 is 5.91 Å². The second-order valence-electron chi connectivity index (χ2n) is 7.07. The lowest BCUT2D eigenvalue weighted by Crippen LogP contribution is -2.33. The summed E-state index contributed by atoms with van der Waals surface area (Å²) in [6.45, 7) is 4.93. The number of fused-ring (bicyclic) bond motifs is 1. The molecule has 0 spiro atoms. The van der Waals surface area contributed by atoms with E-state index < -0.39 is 6.10 Å². The van der Waals surface area contributed by atoms with E-state index in [1.165, 1.54) is 11.0 Å². The standard InChI is InChI=1S/C19H25FN4O2/c1-13-8-15(20)5-4-14(13)11-23-6-7-24-16(12-23)9-17(21-24)18(25)10-19(26)22(2)3/h4-5,8-9,18,25H,6-7,10-12H2,1-3H3/t18-/m0/s1. The minimum atomic E-state index is -0.893. The molecular formula is C19H25FN4O2. The number of benzene rings is 1. The van der Waals surface area contributed by atoms with Crippen LogP contribution in [0.25, 0.3) is 0 Å². The van der Waals surface area contributed by atoms with E-state index in [1.54, 1.807) is 20.2 Å². The molecule has 0 saturated heterocycles. The van der Waals surface area contributed by atoms with Gasteiger partial charge in [-0.05, 0) is 36.2 Å². The molecule has 2 heterocycles. The van der Waals surface area contributed by atoms with Gasteiger partial charge in [0.25, 0.3) is 0 Å². The van der Waals surface area contributed by atoms with Crippen molar-refractivity contribution in [3.63, 3.8) is 0 Å². The van der Waals surface area contributed by atoms with Crippen LogP contribution in [0.15, 0.2) is 24.3 Å². The molecule has 0 aliphatic carbocycles. The Bertz CT molecular complexity index is 803. The van der Waals surface area contributed by atoms with Gasteiger partial charge < -0.3 is 10.0 Å². The number of hydrogen-bond acceptors (Lipinski definition) is 4. The van der Waals surface area contributed by atoms with Gasteiger partial charge in [-0.15, -0.1) is 0 Å². The van der Waals surface area contributed by atoms with Crippen LogP contribution in [0.5, 0.6) is 0 Å². The molecule has 26 heavy (non-hydrogen) atoms. The number of halogens is 1. The van der Waals surface area contributed by atoms with Crippen LogP contribution in [-0.2, 0) is 24.4 Å². The van der Waals surface area contributed by atoms with Crippen molar-refractivity contribution in [2.75, 3.05) is 20.6 Å². The summed E-state index contributed by atoms with van der Waals surface area (Å²) in [7, 11) is 3.34. The van der Waals surface area contributed by atoms with Gasteiger partial charge >= 0.3 is 0 Å². The van der Waals surface area contributed by atoms with Crippen molar-refractivity contribution in [2.24, 2.45) is 0 Å². The summed E-state index contributed by atoms with van der Waals surface area (Å²) in [5.41, 5.74) is 3.61. The summed E-state index contributed by atoms with van der Waals surface area (Å²) in [4.78, 5) is 15.5. The number of aliphatic hydroxyl groups excluding tert-OH is 1. The summed E-state index contributed by atoms with van der Waals surface area (Å²) in [6, 6.07) is 6.75. The van der Waals surface area contributed by atoms with Gasteiger partial charge in [-0.1, -0.05) is 6.07 Å². The van der Waals surface area contributed by atoms with Gasteiger partial charge in [-0.3, -0.25) is 14.4 Å². The molecule has 1 atom stereocenters. The zero-order valence-corrected chi connectivity index (χ0v) is 15.4. The fourth-order valence-corrected chi connectivity index (χ4v) is 3.17. The lowest BCUT2D eigenvalue weighted by Gasteiger charge is -2.28. The molecule has 1 aromatic carbocycles. The van der Waals surface area contributed by atoms with E-state index >= 15 is 0 Å². The summed E-state index contributed by atoms with van der Waals surface area (Å²) in [5.74, 6) is -0.342. The molecule has 1 aliphatic heterocycles. The van der Waals surface area contributed by atoms with E-state index in [9.17, 15) is 14.3 Å². The van der Waals surface area contributed by atoms with Gasteiger partial charge in [0.05, 0.1) is 24.4 Å². The first kappa shape index (κ1) is 18.5. The lowest BCUT2D eigenvalue weighted by atomic mass is 10.1. The number of nitrogens with zero attached hydrogens (tertiary/aromatic N) is 4. The van der Waals surface area contributed by atoms with Crippen molar-refractivity contribution < 1.29 is 14.3 Å². The van der Waals surface area contributed by atoms with Gasteiger partial charge in [0.15, 0.2) is 0 Å². The second kappa shape index (κ2) is 7.55. The molecule has 7 heteroatoms. The van der Waals surface area contributed by atoms with E-state index in [2.05, 4.69) is 10.00 Å². The number of rotatable bonds is 5. The maximum atomic E-state index is 13.3. The van der Waals surface area contributed by atoms with Crippen LogP contribution in [0.3, 0.4) is 0 Å². The van der Waals surface area contributed by atoms with Crippen molar-refractivity contribution in [1.82, 2.24) is 19.6 Å². The van der Waals surface area contributed by atoms with Crippen molar-refractivity contribution in [2.45, 2.75) is 39.1 Å². The van der Waals surface area contributed by atoms with Crippen LogP contribution in [0, 0.1) is 12.7 Å². The Balaban J connectivity index is 1.67. The van der Waals surface area contributed by atoms with Gasteiger partial charge in [0.1, 0.15) is 11.9 Å². The SMILES string of the molecule is Cc1cc(F)ccc1CN1CCn2nc([C@@H](O)CC(=O)N(C)C)cc2C1. The average Bonchev–Trinajstić information content (AvgIpc) is 3.00. The number of aryl methyl sites for hydroxylation is 1. The number of aromatic nitrogens is 2. The second-order valence-corrected chi connectivity index (χ2v) is 7.07. The van der Waals surface area contributed by atoms with Gasteiger partial charge in [0, 0.05) is 33.7 Å². The van der Waals surface area contributed by atoms with E-state index in [1.807, 2.05) is 23.7 Å². The Hall–Kier alpha value is -2.25. The summed E-state index contributed by atoms with van der Waals surface area (Å²) in [6.07, 6.45) is -0.863. The van der Waals surface area contributed by atoms with Crippen molar-refractivity contribution in [3.8, 4) is 0 Å². The van der Waals surface area contributed by atoms with E-state index in [0.29, 0.717) is 12.2 Å². The predicted molar refractivity (Wildman–Crippen MR) is 95.7 cm³/mol. The molecule has 2 aromatic rings. The molecule has 1 aliphatic rings. The Morgan fingerprint density at radius 3 is 2.81 bits per heavy atom.